The van der Waals surface area contributed by atoms with Gasteiger partial charge in [0.05, 0.1) is 11.1 Å². The van der Waals surface area contributed by atoms with Crippen LogP contribution in [0.5, 0.6) is 0 Å². The van der Waals surface area contributed by atoms with Crippen LogP contribution in [0.25, 0.3) is 0 Å². The fourth-order valence-electron chi connectivity index (χ4n) is 3.78. The van der Waals surface area contributed by atoms with E-state index in [1.807, 2.05) is 0 Å². The van der Waals surface area contributed by atoms with Crippen molar-refractivity contribution < 1.29 is 5.21 Å². The van der Waals surface area contributed by atoms with Crippen molar-refractivity contribution in [1.82, 2.24) is 5.06 Å². The monoisotopic (exact) mass is 498 g/mol. The molecular weight excluding hydrogens is 476 g/mol. The van der Waals surface area contributed by atoms with Gasteiger partial charge in [0.25, 0.3) is 0 Å². The fourth-order valence-corrected chi connectivity index (χ4v) is 4.72. The molecule has 0 aliphatic carbocycles. The Labute approximate surface area is 149 Å². The second-order valence-electron chi connectivity index (χ2n) is 5.58. The molecule has 0 spiro atoms. The molecule has 4 heteroatoms. The highest BCUT2D eigenvalue weighted by Gasteiger charge is 2.56. The summed E-state index contributed by atoms with van der Waals surface area (Å²) in [6.45, 7) is 8.57. The number of rotatable bonds is 4. The van der Waals surface area contributed by atoms with Gasteiger partial charge in [0.15, 0.2) is 0 Å². The maximum absolute atomic E-state index is 13.3. The van der Waals surface area contributed by atoms with Crippen LogP contribution < -0.4 is 0 Å². The highest BCUT2D eigenvalue weighted by atomic mass is 127. The van der Waals surface area contributed by atoms with Gasteiger partial charge in [-0.3, -0.25) is 0 Å². The lowest BCUT2D eigenvalue weighted by Gasteiger charge is -2.40. The molecule has 0 fully saturated rings. The first-order chi connectivity index (χ1) is 9.43. The normalized spacial score (nSPS) is 20.1. The first kappa shape index (κ1) is 17.0. The van der Waals surface area contributed by atoms with Gasteiger partial charge in [-0.1, -0.05) is 27.7 Å². The summed E-state index contributed by atoms with van der Waals surface area (Å²) in [7, 11) is 0. The zero-order chi connectivity index (χ0) is 15.1. The summed E-state index contributed by atoms with van der Waals surface area (Å²) in [5.74, 6) is 0. The van der Waals surface area contributed by atoms with Crippen molar-refractivity contribution in [3.63, 3.8) is 0 Å². The first-order valence-corrected chi connectivity index (χ1v) is 9.56. The van der Waals surface area contributed by atoms with Gasteiger partial charge in [-0.25, -0.2) is 0 Å². The predicted molar refractivity (Wildman–Crippen MR) is 98.9 cm³/mol. The van der Waals surface area contributed by atoms with Crippen LogP contribution in [0.2, 0.25) is 0 Å². The van der Waals surface area contributed by atoms with Crippen LogP contribution in [0.4, 0.5) is 0 Å². The maximum atomic E-state index is 13.3. The highest BCUT2D eigenvalue weighted by Crippen LogP contribution is 2.55. The summed E-state index contributed by atoms with van der Waals surface area (Å²) in [5, 5.41) is 14.7. The van der Waals surface area contributed by atoms with Gasteiger partial charge in [0.2, 0.25) is 0 Å². The number of halogens is 2. The van der Waals surface area contributed by atoms with E-state index in [1.54, 1.807) is 0 Å². The molecule has 0 amide bonds. The van der Waals surface area contributed by atoms with Crippen molar-refractivity contribution in [3.05, 3.63) is 30.4 Å². The highest BCUT2D eigenvalue weighted by molar-refractivity contribution is 14.1. The Morgan fingerprint density at radius 3 is 1.40 bits per heavy atom. The molecule has 0 N–H and O–H groups in total. The smallest absolute Gasteiger partial charge is 0.0750 e. The van der Waals surface area contributed by atoms with Crippen LogP contribution in [0.1, 0.15) is 64.5 Å². The lowest BCUT2D eigenvalue weighted by molar-refractivity contribution is -0.287. The Morgan fingerprint density at radius 2 is 1.15 bits per heavy atom. The average molecular weight is 498 g/mol. The quantitative estimate of drug-likeness (QED) is 0.497. The summed E-state index contributed by atoms with van der Waals surface area (Å²) >= 11 is 4.76. The summed E-state index contributed by atoms with van der Waals surface area (Å²) < 4.78 is 2.51. The van der Waals surface area contributed by atoms with Gasteiger partial charge in [-0.05, 0) is 94.1 Å². The molecule has 0 saturated heterocycles. The molecule has 0 bridgehead atoms. The van der Waals surface area contributed by atoms with Crippen molar-refractivity contribution in [2.24, 2.45) is 0 Å². The zero-order valence-corrected chi connectivity index (χ0v) is 16.9. The van der Waals surface area contributed by atoms with Crippen molar-refractivity contribution in [2.45, 2.75) is 64.5 Å². The summed E-state index contributed by atoms with van der Waals surface area (Å²) in [6.07, 6.45) is 3.49. The van der Waals surface area contributed by atoms with E-state index in [9.17, 15) is 5.21 Å². The molecule has 2 nitrogen and oxygen atoms in total. The van der Waals surface area contributed by atoms with Crippen LogP contribution in [0, 0.1) is 7.14 Å². The largest absolute Gasteiger partial charge is 0.134 e. The predicted octanol–water partition coefficient (Wildman–Crippen LogP) is 5.59. The second-order valence-corrected chi connectivity index (χ2v) is 7.91. The molecular formula is C16H22I2NO. The van der Waals surface area contributed by atoms with E-state index in [2.05, 4.69) is 85.0 Å². The van der Waals surface area contributed by atoms with E-state index in [0.717, 1.165) is 25.7 Å². The minimum Gasteiger partial charge on any atom is -0.134 e. The number of fused-ring (bicyclic) bond motifs is 1. The molecule has 0 unspecified atom stereocenters. The minimum atomic E-state index is -0.342. The molecule has 1 radical (unpaired) electrons. The van der Waals surface area contributed by atoms with Crippen molar-refractivity contribution >= 4 is 45.2 Å². The second kappa shape index (κ2) is 6.01. The molecule has 0 aromatic heterocycles. The van der Waals surface area contributed by atoms with Crippen molar-refractivity contribution in [2.75, 3.05) is 0 Å². The third-order valence-electron chi connectivity index (χ3n) is 5.18. The Balaban J connectivity index is 2.80. The molecule has 111 valence electrons. The maximum Gasteiger partial charge on any atom is 0.0750 e. The lowest BCUT2D eigenvalue weighted by atomic mass is 9.83. The van der Waals surface area contributed by atoms with Crippen LogP contribution in [-0.4, -0.2) is 5.06 Å². The van der Waals surface area contributed by atoms with Gasteiger partial charge >= 0.3 is 0 Å². The fraction of sp³-hybridized carbons (Fsp3) is 0.625. The molecule has 1 aliphatic rings. The number of nitrogens with zero attached hydrogens (tertiary/aromatic N) is 1. The summed E-state index contributed by atoms with van der Waals surface area (Å²) in [6, 6.07) is 4.51. The SMILES string of the molecule is CCC1(CC)c2cc(I)c(I)cc2C(CC)(CC)N1[O]. The van der Waals surface area contributed by atoms with Gasteiger partial charge in [-0.15, -0.1) is 10.3 Å². The van der Waals surface area contributed by atoms with Crippen molar-refractivity contribution in [3.8, 4) is 0 Å². The lowest BCUT2D eigenvalue weighted by Crippen LogP contribution is -2.47. The summed E-state index contributed by atoms with van der Waals surface area (Å²) in [5.41, 5.74) is 1.86. The number of hydroxylamine groups is 2. The number of hydrogen-bond acceptors (Lipinski definition) is 1. The van der Waals surface area contributed by atoms with Crippen LogP contribution in [0.15, 0.2) is 12.1 Å². The van der Waals surface area contributed by atoms with Gasteiger partial charge in [0, 0.05) is 7.14 Å². The van der Waals surface area contributed by atoms with E-state index in [1.165, 1.54) is 23.3 Å². The molecule has 1 aliphatic heterocycles. The third-order valence-corrected chi connectivity index (χ3v) is 8.00. The van der Waals surface area contributed by atoms with E-state index >= 15 is 0 Å². The van der Waals surface area contributed by atoms with Gasteiger partial charge in [-0.2, -0.15) is 0 Å². The van der Waals surface area contributed by atoms with E-state index < -0.39 is 0 Å². The standard InChI is InChI=1S/C16H22I2NO/c1-5-15(6-2)11-9-13(17)14(18)10-12(11)16(7-3,8-4)19(15)20/h9-10H,5-8H2,1-4H3. The van der Waals surface area contributed by atoms with Crippen LogP contribution in [0.3, 0.4) is 0 Å². The van der Waals surface area contributed by atoms with E-state index in [4.69, 9.17) is 0 Å². The molecule has 20 heavy (non-hydrogen) atoms. The molecule has 0 saturated carbocycles. The average Bonchev–Trinajstić information content (AvgIpc) is 2.65. The van der Waals surface area contributed by atoms with Crippen LogP contribution in [-0.2, 0) is 16.3 Å². The molecule has 1 heterocycles. The number of hydrogen-bond donors (Lipinski definition) is 0. The molecule has 1 aromatic rings. The van der Waals surface area contributed by atoms with E-state index in [-0.39, 0.29) is 11.1 Å². The molecule has 2 rings (SSSR count). The molecule has 1 aromatic carbocycles. The third kappa shape index (κ3) is 2.08. The Kier molecular flexibility index (Phi) is 5.09. The zero-order valence-electron chi connectivity index (χ0n) is 12.6. The topological polar surface area (TPSA) is 23.1 Å². The Hall–Kier alpha value is 0.600. The van der Waals surface area contributed by atoms with Gasteiger partial charge < -0.3 is 0 Å². The molecule has 0 atom stereocenters. The first-order valence-electron chi connectivity index (χ1n) is 7.41. The van der Waals surface area contributed by atoms with E-state index in [0.29, 0.717) is 0 Å². The Morgan fingerprint density at radius 1 is 0.850 bits per heavy atom. The number of benzene rings is 1. The van der Waals surface area contributed by atoms with Gasteiger partial charge in [0.1, 0.15) is 0 Å². The summed E-state index contributed by atoms with van der Waals surface area (Å²) in [4.78, 5) is 0. The minimum absolute atomic E-state index is 0.342. The Bertz CT molecular complexity index is 462. The van der Waals surface area contributed by atoms with Crippen molar-refractivity contribution in [1.29, 1.82) is 0 Å². The van der Waals surface area contributed by atoms with Crippen LogP contribution >= 0.6 is 45.2 Å².